The molecule has 0 radical (unpaired) electrons. The maximum atomic E-state index is 11.4. The molecule has 2 aromatic rings. The van der Waals surface area contributed by atoms with E-state index in [4.69, 9.17) is 10.2 Å². The van der Waals surface area contributed by atoms with Gasteiger partial charge in [0, 0.05) is 33.1 Å². The molecule has 0 saturated carbocycles. The van der Waals surface area contributed by atoms with Crippen LogP contribution in [-0.4, -0.2) is 36.4 Å². The van der Waals surface area contributed by atoms with Crippen molar-refractivity contribution < 1.29 is 9.21 Å². The number of aromatic amines is 1. The van der Waals surface area contributed by atoms with Gasteiger partial charge in [0.25, 0.3) is 0 Å². The number of carbonyl (C=O) groups excluding carboxylic acids is 1. The Balaban J connectivity index is 2.10. The summed E-state index contributed by atoms with van der Waals surface area (Å²) in [4.78, 5) is 26.6. The van der Waals surface area contributed by atoms with Gasteiger partial charge in [0.2, 0.25) is 5.91 Å². The normalized spacial score (nSPS) is 10.6. The molecule has 0 spiro atoms. The van der Waals surface area contributed by atoms with Crippen LogP contribution in [0.2, 0.25) is 0 Å². The summed E-state index contributed by atoms with van der Waals surface area (Å²) in [6.45, 7) is 0.467. The first-order valence-electron chi connectivity index (χ1n) is 5.84. The number of amides is 1. The van der Waals surface area contributed by atoms with Crippen LogP contribution in [0.25, 0.3) is 11.1 Å². The van der Waals surface area contributed by atoms with Gasteiger partial charge in [-0.25, -0.2) is 4.79 Å². The van der Waals surface area contributed by atoms with E-state index < -0.39 is 5.76 Å². The number of nitrogens with one attached hydrogen (secondary N) is 2. The molecule has 0 aliphatic carbocycles. The second-order valence-electron chi connectivity index (χ2n) is 4.42. The lowest BCUT2D eigenvalue weighted by molar-refractivity contribution is -0.128. The van der Waals surface area contributed by atoms with Gasteiger partial charge in [0.15, 0.2) is 5.58 Å². The Morgan fingerprint density at radius 3 is 2.89 bits per heavy atom. The molecule has 1 aromatic carbocycles. The first kappa shape index (κ1) is 13.0. The first-order valence-corrected chi connectivity index (χ1v) is 5.84. The third kappa shape index (κ3) is 2.87. The molecule has 102 valence electrons. The highest BCUT2D eigenvalue weighted by Crippen LogP contribution is 2.24. The SMILES string of the molecule is CN(C)C(=O)CCNc1cc2[nH]c(=O)oc2cc1N. The van der Waals surface area contributed by atoms with Gasteiger partial charge in [-0.2, -0.15) is 0 Å². The van der Waals surface area contributed by atoms with Crippen LogP contribution in [-0.2, 0) is 4.79 Å². The molecule has 4 N–H and O–H groups in total. The lowest BCUT2D eigenvalue weighted by Crippen LogP contribution is -2.24. The molecule has 0 atom stereocenters. The van der Waals surface area contributed by atoms with Crippen molar-refractivity contribution in [2.24, 2.45) is 0 Å². The Hall–Kier alpha value is -2.44. The number of carbonyl (C=O) groups is 1. The van der Waals surface area contributed by atoms with E-state index in [1.54, 1.807) is 26.2 Å². The summed E-state index contributed by atoms with van der Waals surface area (Å²) in [5, 5.41) is 3.06. The quantitative estimate of drug-likeness (QED) is 0.701. The van der Waals surface area contributed by atoms with Crippen molar-refractivity contribution in [2.45, 2.75) is 6.42 Å². The molecule has 1 amide bonds. The summed E-state index contributed by atoms with van der Waals surface area (Å²) in [6, 6.07) is 3.26. The molecule has 1 heterocycles. The Morgan fingerprint density at radius 1 is 1.47 bits per heavy atom. The molecular formula is C12H16N4O3. The third-order valence-electron chi connectivity index (χ3n) is 2.74. The third-order valence-corrected chi connectivity index (χ3v) is 2.74. The number of nitrogen functional groups attached to an aromatic ring is 1. The smallest absolute Gasteiger partial charge is 0.408 e. The standard InChI is InChI=1S/C12H16N4O3/c1-16(2)11(17)3-4-14-8-6-9-10(5-7(8)13)19-12(18)15-9/h5-6,14H,3-4,13H2,1-2H3,(H,15,18). The fraction of sp³-hybridized carbons (Fsp3) is 0.333. The summed E-state index contributed by atoms with van der Waals surface area (Å²) in [7, 11) is 3.41. The Morgan fingerprint density at radius 2 is 2.21 bits per heavy atom. The summed E-state index contributed by atoms with van der Waals surface area (Å²) >= 11 is 0. The Kier molecular flexibility index (Phi) is 3.46. The summed E-state index contributed by atoms with van der Waals surface area (Å²) < 4.78 is 4.90. The summed E-state index contributed by atoms with van der Waals surface area (Å²) in [5.74, 6) is -0.488. The first-order chi connectivity index (χ1) is 8.97. The van der Waals surface area contributed by atoms with Crippen LogP contribution in [0.5, 0.6) is 0 Å². The second kappa shape index (κ2) is 5.05. The number of H-pyrrole nitrogens is 1. The maximum absolute atomic E-state index is 11.4. The number of hydrogen-bond acceptors (Lipinski definition) is 5. The van der Waals surface area contributed by atoms with Crippen molar-refractivity contribution in [1.82, 2.24) is 9.88 Å². The van der Waals surface area contributed by atoms with Crippen LogP contribution < -0.4 is 16.8 Å². The fourth-order valence-corrected chi connectivity index (χ4v) is 1.69. The van der Waals surface area contributed by atoms with Gasteiger partial charge < -0.3 is 20.4 Å². The molecule has 1 aromatic heterocycles. The number of oxazole rings is 1. The number of hydrogen-bond donors (Lipinski definition) is 3. The van der Waals surface area contributed by atoms with Gasteiger partial charge in [-0.15, -0.1) is 0 Å². The lowest BCUT2D eigenvalue weighted by Gasteiger charge is -2.12. The molecule has 0 fully saturated rings. The zero-order valence-electron chi connectivity index (χ0n) is 10.8. The predicted octanol–water partition coefficient (Wildman–Crippen LogP) is 0.593. The minimum absolute atomic E-state index is 0.0314. The van der Waals surface area contributed by atoms with Gasteiger partial charge in [-0.05, 0) is 6.07 Å². The van der Waals surface area contributed by atoms with E-state index >= 15 is 0 Å². The van der Waals surface area contributed by atoms with Crippen molar-refractivity contribution in [3.8, 4) is 0 Å². The van der Waals surface area contributed by atoms with Crippen molar-refractivity contribution in [3.63, 3.8) is 0 Å². The second-order valence-corrected chi connectivity index (χ2v) is 4.42. The molecule has 2 rings (SSSR count). The van der Waals surface area contributed by atoms with E-state index in [9.17, 15) is 9.59 Å². The Labute approximate surface area is 109 Å². The largest absolute Gasteiger partial charge is 0.417 e. The highest BCUT2D eigenvalue weighted by Gasteiger charge is 2.08. The molecule has 7 heteroatoms. The summed E-state index contributed by atoms with van der Waals surface area (Å²) in [6.07, 6.45) is 0.367. The molecular weight excluding hydrogens is 248 g/mol. The number of nitrogens with zero attached hydrogens (tertiary/aromatic N) is 1. The minimum atomic E-state index is -0.519. The monoisotopic (exact) mass is 264 g/mol. The van der Waals surface area contributed by atoms with Gasteiger partial charge in [0.1, 0.15) is 0 Å². The Bertz CT molecular complexity index is 657. The van der Waals surface area contributed by atoms with E-state index in [0.717, 1.165) is 0 Å². The van der Waals surface area contributed by atoms with E-state index in [2.05, 4.69) is 10.3 Å². The number of anilines is 2. The van der Waals surface area contributed by atoms with E-state index in [1.807, 2.05) is 0 Å². The molecule has 0 aliphatic heterocycles. The number of benzene rings is 1. The number of aromatic nitrogens is 1. The van der Waals surface area contributed by atoms with Gasteiger partial charge in [-0.3, -0.25) is 9.78 Å². The average Bonchev–Trinajstić information content (AvgIpc) is 2.68. The maximum Gasteiger partial charge on any atom is 0.417 e. The van der Waals surface area contributed by atoms with Gasteiger partial charge in [0.05, 0.1) is 16.9 Å². The fourth-order valence-electron chi connectivity index (χ4n) is 1.69. The van der Waals surface area contributed by atoms with Crippen LogP contribution in [0.3, 0.4) is 0 Å². The topological polar surface area (TPSA) is 104 Å². The van der Waals surface area contributed by atoms with E-state index in [1.165, 1.54) is 4.90 Å². The molecule has 19 heavy (non-hydrogen) atoms. The predicted molar refractivity (Wildman–Crippen MR) is 73.0 cm³/mol. The molecule has 0 bridgehead atoms. The zero-order valence-corrected chi connectivity index (χ0v) is 10.8. The van der Waals surface area contributed by atoms with Crippen LogP contribution in [0.1, 0.15) is 6.42 Å². The molecule has 7 nitrogen and oxygen atoms in total. The average molecular weight is 264 g/mol. The summed E-state index contributed by atoms with van der Waals surface area (Å²) in [5.41, 5.74) is 7.95. The van der Waals surface area contributed by atoms with Crippen LogP contribution in [0, 0.1) is 0 Å². The molecule has 0 unspecified atom stereocenters. The van der Waals surface area contributed by atoms with Crippen molar-refractivity contribution in [1.29, 1.82) is 0 Å². The molecule has 0 aliphatic rings. The van der Waals surface area contributed by atoms with Gasteiger partial charge in [-0.1, -0.05) is 0 Å². The number of rotatable bonds is 4. The van der Waals surface area contributed by atoms with E-state index in [-0.39, 0.29) is 5.91 Å². The lowest BCUT2D eigenvalue weighted by atomic mass is 10.2. The van der Waals surface area contributed by atoms with Crippen LogP contribution in [0.4, 0.5) is 11.4 Å². The van der Waals surface area contributed by atoms with Crippen molar-refractivity contribution >= 4 is 28.4 Å². The van der Waals surface area contributed by atoms with Crippen LogP contribution >= 0.6 is 0 Å². The highest BCUT2D eigenvalue weighted by atomic mass is 16.4. The van der Waals surface area contributed by atoms with Crippen LogP contribution in [0.15, 0.2) is 21.3 Å². The van der Waals surface area contributed by atoms with Crippen molar-refractivity contribution in [3.05, 3.63) is 22.7 Å². The number of fused-ring (bicyclic) bond motifs is 1. The number of nitrogens with two attached hydrogens (primary N) is 1. The van der Waals surface area contributed by atoms with Crippen molar-refractivity contribution in [2.75, 3.05) is 31.7 Å². The van der Waals surface area contributed by atoms with E-state index in [0.29, 0.717) is 35.4 Å². The zero-order chi connectivity index (χ0) is 14.0. The highest BCUT2D eigenvalue weighted by molar-refractivity contribution is 5.85. The minimum Gasteiger partial charge on any atom is -0.408 e. The van der Waals surface area contributed by atoms with Gasteiger partial charge >= 0.3 is 5.76 Å². The molecule has 0 saturated heterocycles.